The van der Waals surface area contributed by atoms with Crippen LogP contribution in [0.2, 0.25) is 0 Å². The van der Waals surface area contributed by atoms with E-state index in [0.29, 0.717) is 24.5 Å². The fraction of sp³-hybridized carbons (Fsp3) is 0.290. The van der Waals surface area contributed by atoms with Crippen molar-refractivity contribution in [2.24, 2.45) is 0 Å². The van der Waals surface area contributed by atoms with Crippen molar-refractivity contribution in [3.63, 3.8) is 0 Å². The topological polar surface area (TPSA) is 132 Å². The maximum absolute atomic E-state index is 14.0. The average Bonchev–Trinajstić information content (AvgIpc) is 3.60. The van der Waals surface area contributed by atoms with Crippen molar-refractivity contribution in [2.75, 3.05) is 0 Å². The van der Waals surface area contributed by atoms with Crippen molar-refractivity contribution < 1.29 is 9.90 Å². The van der Waals surface area contributed by atoms with E-state index in [4.69, 9.17) is 0 Å². The lowest BCUT2D eigenvalue weighted by atomic mass is 9.84. The van der Waals surface area contributed by atoms with Gasteiger partial charge < -0.3 is 5.11 Å². The Labute approximate surface area is 237 Å². The SMILES string of the molecule is CCCCc1cn(-c2c(C(=O)O)cccc2C(C)(C)C)c(=O)n1Cc1ccc(-c2cnccc2-c2nnn[nH]2)cc1. The van der Waals surface area contributed by atoms with E-state index in [0.717, 1.165) is 46.4 Å². The molecule has 0 unspecified atom stereocenters. The van der Waals surface area contributed by atoms with Crippen LogP contribution in [0.5, 0.6) is 0 Å². The second-order valence-corrected chi connectivity index (χ2v) is 11.1. The van der Waals surface area contributed by atoms with E-state index in [1.807, 2.05) is 63.4 Å². The number of nitrogens with one attached hydrogen (secondary N) is 1. The quantitative estimate of drug-likeness (QED) is 0.255. The molecule has 2 aromatic carbocycles. The van der Waals surface area contributed by atoms with Crippen LogP contribution in [0.25, 0.3) is 28.2 Å². The molecule has 0 aliphatic rings. The van der Waals surface area contributed by atoms with Gasteiger partial charge in [-0.05, 0) is 57.5 Å². The highest BCUT2D eigenvalue weighted by molar-refractivity contribution is 5.93. The third-order valence-electron chi connectivity index (χ3n) is 7.19. The Bertz CT molecular complexity index is 1730. The molecule has 3 aromatic heterocycles. The highest BCUT2D eigenvalue weighted by Crippen LogP contribution is 2.32. The third-order valence-corrected chi connectivity index (χ3v) is 7.19. The first kappa shape index (κ1) is 27.7. The molecule has 0 amide bonds. The molecule has 10 nitrogen and oxygen atoms in total. The largest absolute Gasteiger partial charge is 0.478 e. The molecule has 0 bridgehead atoms. The number of hydrogen-bond acceptors (Lipinski definition) is 6. The second kappa shape index (κ2) is 11.3. The molecule has 0 radical (unpaired) electrons. The van der Waals surface area contributed by atoms with Gasteiger partial charge in [0.2, 0.25) is 0 Å². The molecule has 0 saturated heterocycles. The van der Waals surface area contributed by atoms with Crippen LogP contribution in [-0.4, -0.2) is 45.8 Å². The van der Waals surface area contributed by atoms with Gasteiger partial charge in [-0.15, -0.1) is 5.10 Å². The van der Waals surface area contributed by atoms with Crippen molar-refractivity contribution >= 4 is 5.97 Å². The summed E-state index contributed by atoms with van der Waals surface area (Å²) < 4.78 is 3.28. The van der Waals surface area contributed by atoms with Crippen LogP contribution < -0.4 is 5.69 Å². The lowest BCUT2D eigenvalue weighted by Gasteiger charge is -2.24. The Hall–Kier alpha value is -4.86. The molecule has 41 heavy (non-hydrogen) atoms. The van der Waals surface area contributed by atoms with Gasteiger partial charge in [0.05, 0.1) is 17.8 Å². The van der Waals surface area contributed by atoms with Gasteiger partial charge in [0.25, 0.3) is 0 Å². The first-order valence-corrected chi connectivity index (χ1v) is 13.6. The number of aromatic amines is 1. The second-order valence-electron chi connectivity index (χ2n) is 11.1. The van der Waals surface area contributed by atoms with Gasteiger partial charge in [-0.25, -0.2) is 14.7 Å². The number of imidazole rings is 1. The summed E-state index contributed by atoms with van der Waals surface area (Å²) in [5.74, 6) is -0.511. The molecule has 3 heterocycles. The fourth-order valence-corrected chi connectivity index (χ4v) is 5.07. The van der Waals surface area contributed by atoms with Crippen molar-refractivity contribution in [1.29, 1.82) is 0 Å². The van der Waals surface area contributed by atoms with E-state index in [9.17, 15) is 14.7 Å². The number of unbranched alkanes of at least 4 members (excludes halogenated alkanes) is 1. The number of nitrogens with zero attached hydrogens (tertiary/aromatic N) is 6. The summed E-state index contributed by atoms with van der Waals surface area (Å²) in [5.41, 5.74) is 5.18. The molecule has 2 N–H and O–H groups in total. The van der Waals surface area contributed by atoms with E-state index in [2.05, 4.69) is 32.5 Å². The summed E-state index contributed by atoms with van der Waals surface area (Å²) >= 11 is 0. The van der Waals surface area contributed by atoms with Crippen LogP contribution in [0.3, 0.4) is 0 Å². The highest BCUT2D eigenvalue weighted by Gasteiger charge is 2.26. The molecule has 10 heteroatoms. The van der Waals surface area contributed by atoms with Crippen LogP contribution in [0, 0.1) is 0 Å². The van der Waals surface area contributed by atoms with Crippen molar-refractivity contribution in [3.05, 3.63) is 100.0 Å². The maximum Gasteiger partial charge on any atom is 0.337 e. The van der Waals surface area contributed by atoms with E-state index in [1.165, 1.54) is 4.57 Å². The summed E-state index contributed by atoms with van der Waals surface area (Å²) in [6.45, 7) is 8.52. The molecule has 5 rings (SSSR count). The Morgan fingerprint density at radius 1 is 1.05 bits per heavy atom. The predicted octanol–water partition coefficient (Wildman–Crippen LogP) is 5.27. The Morgan fingerprint density at radius 2 is 1.83 bits per heavy atom. The fourth-order valence-electron chi connectivity index (χ4n) is 5.07. The molecule has 0 aliphatic carbocycles. The summed E-state index contributed by atoms with van der Waals surface area (Å²) in [6.07, 6.45) is 7.87. The molecule has 5 aromatic rings. The van der Waals surface area contributed by atoms with Gasteiger partial charge in [-0.3, -0.25) is 14.1 Å². The number of aromatic nitrogens is 7. The zero-order valence-corrected chi connectivity index (χ0v) is 23.6. The van der Waals surface area contributed by atoms with Crippen molar-refractivity contribution in [3.8, 4) is 28.2 Å². The lowest BCUT2D eigenvalue weighted by Crippen LogP contribution is -2.28. The molecule has 210 valence electrons. The van der Waals surface area contributed by atoms with Crippen LogP contribution in [-0.2, 0) is 18.4 Å². The number of tetrazole rings is 1. The smallest absolute Gasteiger partial charge is 0.337 e. The maximum atomic E-state index is 14.0. The monoisotopic (exact) mass is 551 g/mol. The minimum absolute atomic E-state index is 0.109. The first-order valence-electron chi connectivity index (χ1n) is 13.6. The van der Waals surface area contributed by atoms with Crippen LogP contribution in [0.1, 0.15) is 67.7 Å². The van der Waals surface area contributed by atoms with Gasteiger partial charge in [-0.2, -0.15) is 0 Å². The number of carboxylic acids is 1. The number of aryl methyl sites for hydroxylation is 1. The van der Waals surface area contributed by atoms with E-state index >= 15 is 0 Å². The number of rotatable bonds is 9. The molecule has 0 atom stereocenters. The van der Waals surface area contributed by atoms with E-state index in [-0.39, 0.29) is 16.7 Å². The van der Waals surface area contributed by atoms with Gasteiger partial charge in [-0.1, -0.05) is 70.5 Å². The predicted molar refractivity (Wildman–Crippen MR) is 156 cm³/mol. The molecular formula is C31H33N7O3. The Balaban J connectivity index is 1.56. The van der Waals surface area contributed by atoms with Gasteiger partial charge in [0.1, 0.15) is 0 Å². The minimum Gasteiger partial charge on any atom is -0.478 e. The number of hydrogen-bond donors (Lipinski definition) is 2. The average molecular weight is 552 g/mol. The number of aromatic carboxylic acids is 1. The van der Waals surface area contributed by atoms with E-state index < -0.39 is 5.97 Å². The first-order chi connectivity index (χ1) is 19.7. The number of para-hydroxylation sites is 1. The molecule has 0 spiro atoms. The molecule has 0 aliphatic heterocycles. The standard InChI is InChI=1S/C31H33N7O3/c1-5-6-8-22-19-38(27-24(29(39)40)9-7-10-26(27)31(2,3)4)30(41)37(22)18-20-11-13-21(14-12-20)25-17-32-16-15-23(25)28-33-35-36-34-28/h7,9-17,19H,5-6,8,18H2,1-4H3,(H,39,40)(H,33,34,35,36). The van der Waals surface area contributed by atoms with Gasteiger partial charge >= 0.3 is 11.7 Å². The zero-order valence-electron chi connectivity index (χ0n) is 23.6. The summed E-state index contributed by atoms with van der Waals surface area (Å²) in [4.78, 5) is 30.5. The highest BCUT2D eigenvalue weighted by atomic mass is 16.4. The van der Waals surface area contributed by atoms with Crippen molar-refractivity contribution in [1.82, 2.24) is 34.7 Å². The van der Waals surface area contributed by atoms with Crippen LogP contribution in [0.4, 0.5) is 0 Å². The number of carbonyl (C=O) groups is 1. The summed E-state index contributed by atoms with van der Waals surface area (Å²) in [5, 5.41) is 24.2. The number of carboxylic acid groups (broad SMARTS) is 1. The number of H-pyrrole nitrogens is 1. The number of benzene rings is 2. The Morgan fingerprint density at radius 3 is 2.49 bits per heavy atom. The number of pyridine rings is 1. The van der Waals surface area contributed by atoms with Gasteiger partial charge in [0, 0.05) is 35.4 Å². The summed E-state index contributed by atoms with van der Waals surface area (Å²) in [7, 11) is 0. The lowest BCUT2D eigenvalue weighted by molar-refractivity contribution is 0.0696. The molecule has 0 saturated carbocycles. The van der Waals surface area contributed by atoms with Gasteiger partial charge in [0.15, 0.2) is 5.82 Å². The minimum atomic E-state index is -1.06. The van der Waals surface area contributed by atoms with Crippen molar-refractivity contribution in [2.45, 2.75) is 58.9 Å². The zero-order chi connectivity index (χ0) is 29.1. The van der Waals surface area contributed by atoms with E-state index in [1.54, 1.807) is 29.1 Å². The van der Waals surface area contributed by atoms with Crippen LogP contribution >= 0.6 is 0 Å². The molecular weight excluding hydrogens is 518 g/mol. The third kappa shape index (κ3) is 5.58. The summed E-state index contributed by atoms with van der Waals surface area (Å²) in [6, 6.07) is 15.0. The Kier molecular flexibility index (Phi) is 7.65. The normalized spacial score (nSPS) is 11.6. The van der Waals surface area contributed by atoms with Crippen LogP contribution in [0.15, 0.2) is 71.9 Å². The molecule has 0 fully saturated rings.